The van der Waals surface area contributed by atoms with E-state index in [1.54, 1.807) is 12.1 Å². The van der Waals surface area contributed by atoms with Crippen LogP contribution in [0.1, 0.15) is 37.8 Å². The van der Waals surface area contributed by atoms with Crippen molar-refractivity contribution in [1.82, 2.24) is 15.5 Å². The maximum absolute atomic E-state index is 12.6. The normalized spacial score (nSPS) is 12.6. The van der Waals surface area contributed by atoms with Crippen molar-refractivity contribution in [2.24, 2.45) is 5.92 Å². The van der Waals surface area contributed by atoms with Gasteiger partial charge in [0.15, 0.2) is 11.5 Å². The number of rotatable bonds is 12. The van der Waals surface area contributed by atoms with Gasteiger partial charge in [-0.25, -0.2) is 0 Å². The highest BCUT2D eigenvalue weighted by atomic mass is 16.5. The summed E-state index contributed by atoms with van der Waals surface area (Å²) in [5, 5.41) is 7.09. The van der Waals surface area contributed by atoms with Crippen molar-refractivity contribution < 1.29 is 28.3 Å². The van der Waals surface area contributed by atoms with E-state index in [9.17, 15) is 4.79 Å². The van der Waals surface area contributed by atoms with Gasteiger partial charge in [-0.15, -0.1) is 0 Å². The first kappa shape index (κ1) is 25.0. The lowest BCUT2D eigenvalue weighted by Gasteiger charge is -2.20. The maximum Gasteiger partial charge on any atom is 0.249 e. The van der Waals surface area contributed by atoms with E-state index in [-0.39, 0.29) is 18.4 Å². The molecule has 9 heteroatoms. The van der Waals surface area contributed by atoms with Crippen LogP contribution < -0.4 is 19.5 Å². The minimum atomic E-state index is -0.457. The number of aromatic nitrogens is 2. The zero-order valence-electron chi connectivity index (χ0n) is 20.2. The molecule has 3 rings (SSSR count). The highest BCUT2D eigenvalue weighted by molar-refractivity contribution is 5.77. The number of carbonyl (C=O) groups excluding carboxylic acids is 1. The van der Waals surface area contributed by atoms with Gasteiger partial charge in [-0.05, 0) is 23.6 Å². The molecule has 0 aliphatic rings. The Hall–Kier alpha value is -3.59. The first-order valence-electron chi connectivity index (χ1n) is 11.1. The number of methoxy groups -OCH3 is 3. The van der Waals surface area contributed by atoms with Crippen molar-refractivity contribution in [2.75, 3.05) is 27.9 Å². The highest BCUT2D eigenvalue weighted by Crippen LogP contribution is 2.40. The Morgan fingerprint density at radius 2 is 1.74 bits per heavy atom. The summed E-state index contributed by atoms with van der Waals surface area (Å²) in [5.41, 5.74) is 1.63. The molecule has 0 aliphatic heterocycles. The van der Waals surface area contributed by atoms with E-state index >= 15 is 0 Å². The molecular weight excluding hydrogens is 438 g/mol. The minimum absolute atomic E-state index is 0.0614. The fourth-order valence-electron chi connectivity index (χ4n) is 3.42. The Labute approximate surface area is 199 Å². The lowest BCUT2D eigenvalue weighted by atomic mass is 9.99. The molecule has 2 unspecified atom stereocenters. The van der Waals surface area contributed by atoms with Gasteiger partial charge in [0.25, 0.3) is 0 Å². The first-order chi connectivity index (χ1) is 16.5. The van der Waals surface area contributed by atoms with Crippen LogP contribution in [-0.4, -0.2) is 44.0 Å². The number of hydrogen-bond donors (Lipinski definition) is 1. The lowest BCUT2D eigenvalue weighted by molar-refractivity contribution is -0.127. The van der Waals surface area contributed by atoms with Crippen LogP contribution in [0.25, 0.3) is 11.4 Å². The Morgan fingerprint density at radius 1 is 1.06 bits per heavy atom. The fourth-order valence-corrected chi connectivity index (χ4v) is 3.42. The average Bonchev–Trinajstić information content (AvgIpc) is 3.36. The predicted octanol–water partition coefficient (Wildman–Crippen LogP) is 4.18. The molecule has 2 aromatic carbocycles. The molecule has 0 radical (unpaired) electrons. The van der Waals surface area contributed by atoms with Crippen LogP contribution in [0.15, 0.2) is 47.0 Å². The summed E-state index contributed by atoms with van der Waals surface area (Å²) in [6, 6.07) is 12.7. The molecule has 0 spiro atoms. The molecule has 3 aromatic rings. The smallest absolute Gasteiger partial charge is 0.249 e. The second-order valence-corrected chi connectivity index (χ2v) is 7.78. The van der Waals surface area contributed by atoms with Gasteiger partial charge in [-0.3, -0.25) is 4.79 Å². The predicted molar refractivity (Wildman–Crippen MR) is 126 cm³/mol. The molecule has 2 atom stereocenters. The Morgan fingerprint density at radius 3 is 2.32 bits per heavy atom. The molecule has 1 aromatic heterocycles. The van der Waals surface area contributed by atoms with Crippen LogP contribution in [-0.2, 0) is 16.1 Å². The summed E-state index contributed by atoms with van der Waals surface area (Å²) < 4.78 is 27.3. The molecule has 0 fully saturated rings. The van der Waals surface area contributed by atoms with Gasteiger partial charge in [0.05, 0.1) is 27.9 Å². The van der Waals surface area contributed by atoms with E-state index in [1.165, 1.54) is 21.3 Å². The van der Waals surface area contributed by atoms with Crippen molar-refractivity contribution >= 4 is 5.91 Å². The molecule has 182 valence electrons. The number of nitrogens with one attached hydrogen (secondary N) is 1. The molecular formula is C25H31N3O6. The van der Waals surface area contributed by atoms with E-state index < -0.39 is 6.04 Å². The molecule has 1 amide bonds. The summed E-state index contributed by atoms with van der Waals surface area (Å²) >= 11 is 0. The summed E-state index contributed by atoms with van der Waals surface area (Å²) in [7, 11) is 4.61. The zero-order chi connectivity index (χ0) is 24.5. The van der Waals surface area contributed by atoms with Crippen LogP contribution in [0.5, 0.6) is 17.2 Å². The van der Waals surface area contributed by atoms with Gasteiger partial charge in [-0.1, -0.05) is 55.8 Å². The highest BCUT2D eigenvalue weighted by Gasteiger charge is 2.27. The van der Waals surface area contributed by atoms with E-state index in [1.807, 2.05) is 44.2 Å². The van der Waals surface area contributed by atoms with Gasteiger partial charge in [0.1, 0.15) is 12.6 Å². The summed E-state index contributed by atoms with van der Waals surface area (Å²) in [6.07, 6.45) is 0.803. The first-order valence-corrected chi connectivity index (χ1v) is 11.1. The summed E-state index contributed by atoms with van der Waals surface area (Å²) in [6.45, 7) is 4.33. The molecule has 1 N–H and O–H groups in total. The summed E-state index contributed by atoms with van der Waals surface area (Å²) in [4.78, 5) is 17.1. The summed E-state index contributed by atoms with van der Waals surface area (Å²) in [5.74, 6) is 1.89. The molecule has 0 saturated heterocycles. The van der Waals surface area contributed by atoms with Gasteiger partial charge < -0.3 is 28.8 Å². The van der Waals surface area contributed by atoms with E-state index in [2.05, 4.69) is 15.5 Å². The van der Waals surface area contributed by atoms with Gasteiger partial charge in [0.2, 0.25) is 23.4 Å². The van der Waals surface area contributed by atoms with Crippen molar-refractivity contribution in [3.8, 4) is 28.6 Å². The van der Waals surface area contributed by atoms with Crippen LogP contribution >= 0.6 is 0 Å². The third kappa shape index (κ3) is 6.05. The number of nitrogens with zero attached hydrogens (tertiary/aromatic N) is 2. The van der Waals surface area contributed by atoms with Crippen LogP contribution in [0.3, 0.4) is 0 Å². The molecule has 0 bridgehead atoms. The quantitative estimate of drug-likeness (QED) is 0.421. The lowest BCUT2D eigenvalue weighted by Crippen LogP contribution is -2.35. The SMILES string of the molecule is CCC(C)C(NC(=O)COCc1ccccc1)c1nc(-c2cc(OC)c(OC)c(OC)c2)no1. The molecule has 9 nitrogen and oxygen atoms in total. The standard InChI is InChI=1S/C25H31N3O6/c1-6-16(2)22(26-21(29)15-33-14-17-10-8-7-9-11-17)25-27-24(28-34-25)18-12-19(30-3)23(32-5)20(13-18)31-4/h7-13,16,22H,6,14-15H2,1-5H3,(H,26,29). The van der Waals surface area contributed by atoms with Crippen LogP contribution in [0.4, 0.5) is 0 Å². The fraction of sp³-hybridized carbons (Fsp3) is 0.400. The van der Waals surface area contributed by atoms with Crippen molar-refractivity contribution in [2.45, 2.75) is 32.9 Å². The number of carbonyl (C=O) groups is 1. The van der Waals surface area contributed by atoms with Crippen molar-refractivity contribution in [3.63, 3.8) is 0 Å². The van der Waals surface area contributed by atoms with Gasteiger partial charge >= 0.3 is 0 Å². The molecule has 0 aliphatic carbocycles. The second kappa shape index (κ2) is 12.0. The minimum Gasteiger partial charge on any atom is -0.493 e. The van der Waals surface area contributed by atoms with E-state index in [4.69, 9.17) is 23.5 Å². The number of benzene rings is 2. The molecule has 34 heavy (non-hydrogen) atoms. The van der Waals surface area contributed by atoms with E-state index in [0.717, 1.165) is 12.0 Å². The topological polar surface area (TPSA) is 105 Å². The third-order valence-corrected chi connectivity index (χ3v) is 5.50. The van der Waals surface area contributed by atoms with Crippen LogP contribution in [0.2, 0.25) is 0 Å². The number of hydrogen-bond acceptors (Lipinski definition) is 8. The average molecular weight is 470 g/mol. The second-order valence-electron chi connectivity index (χ2n) is 7.78. The van der Waals surface area contributed by atoms with Gasteiger partial charge in [-0.2, -0.15) is 4.98 Å². The maximum atomic E-state index is 12.6. The molecule has 0 saturated carbocycles. The Bertz CT molecular complexity index is 1040. The molecule has 1 heterocycles. The number of ether oxygens (including phenoxy) is 4. The van der Waals surface area contributed by atoms with Crippen LogP contribution in [0, 0.1) is 5.92 Å². The largest absolute Gasteiger partial charge is 0.493 e. The monoisotopic (exact) mass is 469 g/mol. The zero-order valence-corrected chi connectivity index (χ0v) is 20.2. The number of amides is 1. The van der Waals surface area contributed by atoms with Crippen molar-refractivity contribution in [3.05, 3.63) is 53.9 Å². The van der Waals surface area contributed by atoms with E-state index in [0.29, 0.717) is 41.1 Å². The Kier molecular flexibility index (Phi) is 8.86. The van der Waals surface area contributed by atoms with Crippen molar-refractivity contribution in [1.29, 1.82) is 0 Å². The van der Waals surface area contributed by atoms with Gasteiger partial charge in [0, 0.05) is 5.56 Å². The third-order valence-electron chi connectivity index (χ3n) is 5.50. The Balaban J connectivity index is 1.75.